The number of anilines is 1. The summed E-state index contributed by atoms with van der Waals surface area (Å²) in [5.41, 5.74) is 1.13. The van der Waals surface area contributed by atoms with Crippen LogP contribution in [0.4, 0.5) is 10.1 Å². The normalized spacial score (nSPS) is 12.0. The largest absolute Gasteiger partial charge is 0.478 e. The first-order valence-electron chi connectivity index (χ1n) is 6.56. The molecule has 0 aliphatic rings. The van der Waals surface area contributed by atoms with Crippen molar-refractivity contribution in [2.45, 2.75) is 19.4 Å². The van der Waals surface area contributed by atoms with E-state index in [1.807, 2.05) is 25.1 Å². The maximum atomic E-state index is 13.8. The van der Waals surface area contributed by atoms with E-state index in [-0.39, 0.29) is 17.3 Å². The average Bonchev–Trinajstić information content (AvgIpc) is 2.46. The summed E-state index contributed by atoms with van der Waals surface area (Å²) in [5, 5.41) is 12.6. The van der Waals surface area contributed by atoms with E-state index < -0.39 is 11.8 Å². The number of carbonyl (C=O) groups is 1. The Hall–Kier alpha value is -2.07. The third kappa shape index (κ3) is 3.73. The van der Waals surface area contributed by atoms with E-state index in [9.17, 15) is 9.18 Å². The number of aromatic carboxylic acids is 1. The van der Waals surface area contributed by atoms with E-state index >= 15 is 0 Å². The molecule has 0 fully saturated rings. The number of carboxylic acids is 1. The highest BCUT2D eigenvalue weighted by Gasteiger charge is 2.14. The summed E-state index contributed by atoms with van der Waals surface area (Å²) in [4.78, 5) is 11.0. The smallest absolute Gasteiger partial charge is 0.335 e. The molecule has 110 valence electrons. The predicted molar refractivity (Wildman–Crippen MR) is 81.5 cm³/mol. The third-order valence-electron chi connectivity index (χ3n) is 3.20. The Labute approximate surface area is 127 Å². The van der Waals surface area contributed by atoms with Crippen LogP contribution in [-0.2, 0) is 0 Å². The van der Waals surface area contributed by atoms with Gasteiger partial charge in [0.05, 0.1) is 17.3 Å². The summed E-state index contributed by atoms with van der Waals surface area (Å²) in [5.74, 6) is -1.57. The summed E-state index contributed by atoms with van der Waals surface area (Å²) >= 11 is 5.97. The van der Waals surface area contributed by atoms with Crippen LogP contribution in [0.25, 0.3) is 0 Å². The van der Waals surface area contributed by atoms with Crippen molar-refractivity contribution in [1.29, 1.82) is 0 Å². The van der Waals surface area contributed by atoms with Crippen molar-refractivity contribution in [2.24, 2.45) is 0 Å². The van der Waals surface area contributed by atoms with Crippen LogP contribution in [0.1, 0.15) is 35.3 Å². The molecule has 0 amide bonds. The number of carboxylic acid groups (broad SMARTS) is 1. The Morgan fingerprint density at radius 1 is 1.33 bits per heavy atom. The van der Waals surface area contributed by atoms with E-state index in [1.165, 1.54) is 12.1 Å². The fourth-order valence-corrected chi connectivity index (χ4v) is 2.30. The van der Waals surface area contributed by atoms with Crippen molar-refractivity contribution >= 4 is 23.3 Å². The van der Waals surface area contributed by atoms with E-state index in [4.69, 9.17) is 16.7 Å². The van der Waals surface area contributed by atoms with Crippen molar-refractivity contribution in [3.8, 4) is 0 Å². The molecule has 0 aliphatic carbocycles. The van der Waals surface area contributed by atoms with Gasteiger partial charge in [0.2, 0.25) is 0 Å². The van der Waals surface area contributed by atoms with Gasteiger partial charge in [0, 0.05) is 5.02 Å². The van der Waals surface area contributed by atoms with Gasteiger partial charge in [-0.2, -0.15) is 0 Å². The molecule has 3 nitrogen and oxygen atoms in total. The molecule has 0 spiro atoms. The van der Waals surface area contributed by atoms with Crippen LogP contribution in [0.15, 0.2) is 42.5 Å². The van der Waals surface area contributed by atoms with Crippen molar-refractivity contribution in [2.75, 3.05) is 5.32 Å². The van der Waals surface area contributed by atoms with Gasteiger partial charge in [-0.1, -0.05) is 30.7 Å². The Morgan fingerprint density at radius 2 is 2.10 bits per heavy atom. The van der Waals surface area contributed by atoms with E-state index in [2.05, 4.69) is 5.32 Å². The molecule has 1 atom stereocenters. The molecule has 2 N–H and O–H groups in total. The topological polar surface area (TPSA) is 49.3 Å². The van der Waals surface area contributed by atoms with E-state index in [0.29, 0.717) is 11.4 Å². The van der Waals surface area contributed by atoms with Gasteiger partial charge in [0.25, 0.3) is 0 Å². The highest BCUT2D eigenvalue weighted by atomic mass is 35.5. The highest BCUT2D eigenvalue weighted by Crippen LogP contribution is 2.26. The first-order chi connectivity index (χ1) is 10.0. The summed E-state index contributed by atoms with van der Waals surface area (Å²) in [6.07, 6.45) is 0.705. The van der Waals surface area contributed by atoms with Gasteiger partial charge in [-0.05, 0) is 42.3 Å². The number of benzene rings is 2. The second kappa shape index (κ2) is 6.59. The maximum absolute atomic E-state index is 13.8. The lowest BCUT2D eigenvalue weighted by molar-refractivity contribution is 0.0697. The summed E-state index contributed by atoms with van der Waals surface area (Å²) in [6.45, 7) is 1.96. The molecule has 2 aromatic rings. The lowest BCUT2D eigenvalue weighted by atomic mass is 10.0. The van der Waals surface area contributed by atoms with Gasteiger partial charge in [-0.3, -0.25) is 0 Å². The van der Waals surface area contributed by atoms with E-state index in [0.717, 1.165) is 11.6 Å². The second-order valence-corrected chi connectivity index (χ2v) is 5.10. The monoisotopic (exact) mass is 307 g/mol. The molecule has 0 aromatic heterocycles. The Kier molecular flexibility index (Phi) is 4.81. The van der Waals surface area contributed by atoms with Gasteiger partial charge in [-0.15, -0.1) is 0 Å². The maximum Gasteiger partial charge on any atom is 0.335 e. The molecule has 1 unspecified atom stereocenters. The van der Waals surface area contributed by atoms with Crippen molar-refractivity contribution in [1.82, 2.24) is 0 Å². The molecule has 2 rings (SSSR count). The molecule has 2 aromatic carbocycles. The zero-order chi connectivity index (χ0) is 15.4. The summed E-state index contributed by atoms with van der Waals surface area (Å²) in [6, 6.07) is 10.8. The van der Waals surface area contributed by atoms with Crippen LogP contribution < -0.4 is 5.32 Å². The lowest BCUT2D eigenvalue weighted by Crippen LogP contribution is -2.11. The van der Waals surface area contributed by atoms with Crippen LogP contribution in [0.2, 0.25) is 5.02 Å². The molecule has 21 heavy (non-hydrogen) atoms. The number of nitrogens with one attached hydrogen (secondary N) is 1. The number of halogens is 2. The van der Waals surface area contributed by atoms with Crippen molar-refractivity contribution in [3.63, 3.8) is 0 Å². The minimum atomic E-state index is -1.09. The van der Waals surface area contributed by atoms with Gasteiger partial charge < -0.3 is 10.4 Å². The molecule has 5 heteroatoms. The van der Waals surface area contributed by atoms with Crippen LogP contribution in [0, 0.1) is 5.82 Å². The van der Waals surface area contributed by atoms with Gasteiger partial charge >= 0.3 is 5.97 Å². The zero-order valence-electron chi connectivity index (χ0n) is 11.4. The van der Waals surface area contributed by atoms with Crippen LogP contribution in [0.5, 0.6) is 0 Å². The average molecular weight is 308 g/mol. The number of rotatable bonds is 5. The Morgan fingerprint density at radius 3 is 2.71 bits per heavy atom. The number of hydrogen-bond acceptors (Lipinski definition) is 2. The van der Waals surface area contributed by atoms with Crippen LogP contribution in [-0.4, -0.2) is 11.1 Å². The molecule has 0 heterocycles. The fraction of sp³-hybridized carbons (Fsp3) is 0.188. The van der Waals surface area contributed by atoms with Crippen LogP contribution in [0.3, 0.4) is 0 Å². The molecule has 0 saturated carbocycles. The summed E-state index contributed by atoms with van der Waals surface area (Å²) in [7, 11) is 0. The third-order valence-corrected chi connectivity index (χ3v) is 3.44. The quantitative estimate of drug-likeness (QED) is 0.838. The molecular formula is C16H15ClFNO2. The minimum absolute atomic E-state index is 0.0415. The Balaban J connectivity index is 2.30. The molecular weight excluding hydrogens is 293 g/mol. The first-order valence-corrected chi connectivity index (χ1v) is 6.94. The summed E-state index contributed by atoms with van der Waals surface area (Å²) < 4.78 is 13.8. The second-order valence-electron chi connectivity index (χ2n) is 4.66. The van der Waals surface area contributed by atoms with Gasteiger partial charge in [0.1, 0.15) is 5.82 Å². The fourth-order valence-electron chi connectivity index (χ4n) is 2.10. The molecule has 0 saturated heterocycles. The molecule has 0 radical (unpaired) electrons. The van der Waals surface area contributed by atoms with Gasteiger partial charge in [0.15, 0.2) is 0 Å². The lowest BCUT2D eigenvalue weighted by Gasteiger charge is -2.19. The zero-order valence-corrected chi connectivity index (χ0v) is 12.2. The number of hydrogen-bond donors (Lipinski definition) is 2. The standard InChI is InChI=1S/C16H15ClFNO2/c1-2-14(10-4-3-5-12(17)8-10)19-15-9-11(16(20)21)6-7-13(15)18/h3-9,14,19H,2H2,1H3,(H,20,21). The van der Waals surface area contributed by atoms with Crippen LogP contribution >= 0.6 is 11.6 Å². The molecule has 0 aliphatic heterocycles. The van der Waals surface area contributed by atoms with E-state index in [1.54, 1.807) is 6.07 Å². The van der Waals surface area contributed by atoms with Crippen molar-refractivity contribution in [3.05, 3.63) is 64.4 Å². The highest BCUT2D eigenvalue weighted by molar-refractivity contribution is 6.30. The SMILES string of the molecule is CCC(Nc1cc(C(=O)O)ccc1F)c1cccc(Cl)c1. The van der Waals surface area contributed by atoms with Crippen molar-refractivity contribution < 1.29 is 14.3 Å². The molecule has 0 bridgehead atoms. The Bertz CT molecular complexity index is 660. The minimum Gasteiger partial charge on any atom is -0.478 e. The first kappa shape index (κ1) is 15.3. The van der Waals surface area contributed by atoms with Gasteiger partial charge in [-0.25, -0.2) is 9.18 Å². The predicted octanol–water partition coefficient (Wildman–Crippen LogP) is 4.74.